The van der Waals surface area contributed by atoms with E-state index in [1.165, 1.54) is 0 Å². The molecule has 0 unspecified atom stereocenters. The monoisotopic (exact) mass is 236 g/mol. The molecule has 4 nitrogen and oxygen atoms in total. The van der Waals surface area contributed by atoms with Crippen molar-refractivity contribution >= 4 is 5.91 Å². The molecule has 1 atom stereocenters. The number of carbonyl (C=O) groups is 1. The van der Waals surface area contributed by atoms with Gasteiger partial charge in [0.05, 0.1) is 5.92 Å². The third-order valence-corrected chi connectivity index (χ3v) is 4.48. The van der Waals surface area contributed by atoms with Crippen molar-refractivity contribution in [1.29, 1.82) is 0 Å². The summed E-state index contributed by atoms with van der Waals surface area (Å²) >= 11 is 0. The number of nitrogens with one attached hydrogen (secondary N) is 1. The Morgan fingerprint density at radius 2 is 2.00 bits per heavy atom. The molecule has 1 spiro atoms. The van der Waals surface area contributed by atoms with Gasteiger partial charge >= 0.3 is 0 Å². The SMILES string of the molecule is O=C([C@H]1CNCC12CCOCC2)N1CC=CC1. The maximum absolute atomic E-state index is 12.5. The van der Waals surface area contributed by atoms with Gasteiger partial charge in [-0.1, -0.05) is 12.2 Å². The highest BCUT2D eigenvalue weighted by Crippen LogP contribution is 2.41. The average Bonchev–Trinajstić information content (AvgIpc) is 2.99. The lowest BCUT2D eigenvalue weighted by atomic mass is 9.71. The topological polar surface area (TPSA) is 41.6 Å². The highest BCUT2D eigenvalue weighted by molar-refractivity contribution is 5.81. The van der Waals surface area contributed by atoms with Crippen LogP contribution in [0.4, 0.5) is 0 Å². The molecule has 3 aliphatic heterocycles. The molecule has 1 amide bonds. The first-order chi connectivity index (χ1) is 8.32. The molecule has 3 aliphatic rings. The van der Waals surface area contributed by atoms with E-state index in [0.29, 0.717) is 5.91 Å². The van der Waals surface area contributed by atoms with Crippen LogP contribution in [0.5, 0.6) is 0 Å². The van der Waals surface area contributed by atoms with Crippen LogP contribution in [0.15, 0.2) is 12.2 Å². The summed E-state index contributed by atoms with van der Waals surface area (Å²) in [7, 11) is 0. The second kappa shape index (κ2) is 4.42. The number of rotatable bonds is 1. The van der Waals surface area contributed by atoms with Crippen molar-refractivity contribution in [2.75, 3.05) is 39.4 Å². The molecule has 4 heteroatoms. The Hall–Kier alpha value is -0.870. The van der Waals surface area contributed by atoms with Crippen molar-refractivity contribution < 1.29 is 9.53 Å². The molecule has 0 radical (unpaired) electrons. The van der Waals surface area contributed by atoms with Gasteiger partial charge in [0.15, 0.2) is 0 Å². The molecule has 2 fully saturated rings. The van der Waals surface area contributed by atoms with E-state index >= 15 is 0 Å². The van der Waals surface area contributed by atoms with Crippen LogP contribution < -0.4 is 5.32 Å². The summed E-state index contributed by atoms with van der Waals surface area (Å²) in [5, 5.41) is 3.41. The standard InChI is InChI=1S/C13H20N2O2/c16-12(15-5-1-2-6-15)11-9-14-10-13(11)3-7-17-8-4-13/h1-2,11,14H,3-10H2/t11-/m1/s1. The summed E-state index contributed by atoms with van der Waals surface area (Å²) in [5.41, 5.74) is 0.165. The van der Waals surface area contributed by atoms with Crippen molar-refractivity contribution in [3.8, 4) is 0 Å². The van der Waals surface area contributed by atoms with E-state index in [1.54, 1.807) is 0 Å². The third-order valence-electron chi connectivity index (χ3n) is 4.48. The number of hydrogen-bond donors (Lipinski definition) is 1. The van der Waals surface area contributed by atoms with Gasteiger partial charge in [-0.2, -0.15) is 0 Å². The zero-order valence-corrected chi connectivity index (χ0v) is 10.2. The van der Waals surface area contributed by atoms with Gasteiger partial charge in [-0.3, -0.25) is 4.79 Å². The Kier molecular flexibility index (Phi) is 2.92. The lowest BCUT2D eigenvalue weighted by Gasteiger charge is -2.38. The summed E-state index contributed by atoms with van der Waals surface area (Å²) in [4.78, 5) is 14.5. The first kappa shape index (κ1) is 11.2. The van der Waals surface area contributed by atoms with Crippen LogP contribution in [0.3, 0.4) is 0 Å². The molecule has 0 aromatic rings. The first-order valence-corrected chi connectivity index (χ1v) is 6.54. The quantitative estimate of drug-likeness (QED) is 0.670. The van der Waals surface area contributed by atoms with Crippen LogP contribution in [0.25, 0.3) is 0 Å². The lowest BCUT2D eigenvalue weighted by molar-refractivity contribution is -0.139. The van der Waals surface area contributed by atoms with E-state index in [4.69, 9.17) is 4.74 Å². The van der Waals surface area contributed by atoms with Crippen LogP contribution in [0.1, 0.15) is 12.8 Å². The molecule has 1 N–H and O–H groups in total. The first-order valence-electron chi connectivity index (χ1n) is 6.54. The van der Waals surface area contributed by atoms with Gasteiger partial charge in [0.25, 0.3) is 0 Å². The lowest BCUT2D eigenvalue weighted by Crippen LogP contribution is -2.45. The highest BCUT2D eigenvalue weighted by Gasteiger charge is 2.48. The van der Waals surface area contributed by atoms with Crippen molar-refractivity contribution in [3.63, 3.8) is 0 Å². The summed E-state index contributed by atoms with van der Waals surface area (Å²) in [6, 6.07) is 0. The Labute approximate surface area is 102 Å². The molecule has 17 heavy (non-hydrogen) atoms. The van der Waals surface area contributed by atoms with E-state index in [9.17, 15) is 4.79 Å². The number of ether oxygens (including phenoxy) is 1. The van der Waals surface area contributed by atoms with E-state index < -0.39 is 0 Å². The van der Waals surface area contributed by atoms with Crippen LogP contribution >= 0.6 is 0 Å². The molecule has 94 valence electrons. The van der Waals surface area contributed by atoms with Crippen LogP contribution in [0.2, 0.25) is 0 Å². The fraction of sp³-hybridized carbons (Fsp3) is 0.769. The number of nitrogens with zero attached hydrogens (tertiary/aromatic N) is 1. The van der Waals surface area contributed by atoms with Gasteiger partial charge in [0, 0.05) is 39.4 Å². The fourth-order valence-electron chi connectivity index (χ4n) is 3.34. The zero-order chi connectivity index (χ0) is 11.7. The Morgan fingerprint density at radius 3 is 2.71 bits per heavy atom. The molecule has 0 saturated carbocycles. The van der Waals surface area contributed by atoms with Gasteiger partial charge < -0.3 is 15.0 Å². The predicted octanol–water partition coefficient (Wildman–Crippen LogP) is 0.401. The minimum atomic E-state index is 0.159. The molecule has 0 aromatic carbocycles. The molecular formula is C13H20N2O2. The van der Waals surface area contributed by atoms with Gasteiger partial charge in [0.2, 0.25) is 5.91 Å². The van der Waals surface area contributed by atoms with Gasteiger partial charge in [-0.25, -0.2) is 0 Å². The van der Waals surface area contributed by atoms with Crippen LogP contribution in [0, 0.1) is 11.3 Å². The molecule has 0 bridgehead atoms. The third kappa shape index (κ3) is 1.89. The maximum Gasteiger partial charge on any atom is 0.228 e. The number of carbonyl (C=O) groups excluding carboxylic acids is 1. The molecule has 3 rings (SSSR count). The van der Waals surface area contributed by atoms with Gasteiger partial charge in [-0.15, -0.1) is 0 Å². The van der Waals surface area contributed by atoms with Crippen LogP contribution in [-0.2, 0) is 9.53 Å². The summed E-state index contributed by atoms with van der Waals surface area (Å²) < 4.78 is 5.44. The van der Waals surface area contributed by atoms with E-state index in [0.717, 1.165) is 52.2 Å². The molecule has 3 heterocycles. The Bertz CT molecular complexity index is 326. The van der Waals surface area contributed by atoms with E-state index in [2.05, 4.69) is 17.5 Å². The van der Waals surface area contributed by atoms with Crippen molar-refractivity contribution in [2.45, 2.75) is 12.8 Å². The highest BCUT2D eigenvalue weighted by atomic mass is 16.5. The van der Waals surface area contributed by atoms with E-state index in [1.807, 2.05) is 4.90 Å². The van der Waals surface area contributed by atoms with Crippen molar-refractivity contribution in [3.05, 3.63) is 12.2 Å². The largest absolute Gasteiger partial charge is 0.381 e. The maximum atomic E-state index is 12.5. The normalized spacial score (nSPS) is 31.3. The number of amides is 1. The second-order valence-corrected chi connectivity index (χ2v) is 5.37. The van der Waals surface area contributed by atoms with Gasteiger partial charge in [-0.05, 0) is 18.3 Å². The van der Waals surface area contributed by atoms with Crippen molar-refractivity contribution in [1.82, 2.24) is 10.2 Å². The average molecular weight is 236 g/mol. The summed E-state index contributed by atoms with van der Waals surface area (Å²) in [5.74, 6) is 0.494. The zero-order valence-electron chi connectivity index (χ0n) is 10.2. The minimum absolute atomic E-state index is 0.159. The van der Waals surface area contributed by atoms with E-state index in [-0.39, 0.29) is 11.3 Å². The summed E-state index contributed by atoms with van der Waals surface area (Å²) in [6.45, 7) is 5.03. The minimum Gasteiger partial charge on any atom is -0.381 e. The smallest absolute Gasteiger partial charge is 0.228 e. The second-order valence-electron chi connectivity index (χ2n) is 5.37. The molecular weight excluding hydrogens is 216 g/mol. The van der Waals surface area contributed by atoms with Crippen LogP contribution in [-0.4, -0.2) is 50.2 Å². The molecule has 2 saturated heterocycles. The Balaban J connectivity index is 1.74. The Morgan fingerprint density at radius 1 is 1.29 bits per heavy atom. The molecule has 0 aromatic heterocycles. The predicted molar refractivity (Wildman–Crippen MR) is 64.6 cm³/mol. The fourth-order valence-corrected chi connectivity index (χ4v) is 3.34. The molecule has 0 aliphatic carbocycles. The summed E-state index contributed by atoms with van der Waals surface area (Å²) in [6.07, 6.45) is 6.21. The van der Waals surface area contributed by atoms with Crippen molar-refractivity contribution in [2.24, 2.45) is 11.3 Å². The van der Waals surface area contributed by atoms with Gasteiger partial charge in [0.1, 0.15) is 0 Å². The number of hydrogen-bond acceptors (Lipinski definition) is 3.